The second-order valence-electron chi connectivity index (χ2n) is 7.72. The molecule has 0 aliphatic rings. The highest BCUT2D eigenvalue weighted by Gasteiger charge is 2.58. The molecule has 1 atom stereocenters. The van der Waals surface area contributed by atoms with Crippen LogP contribution in [0.2, 0.25) is 0 Å². The molecule has 0 fully saturated rings. The number of rotatable bonds is 8. The second kappa shape index (κ2) is 9.82. The molecule has 0 spiro atoms. The Morgan fingerprint density at radius 1 is 0.657 bits per heavy atom. The van der Waals surface area contributed by atoms with Crippen LogP contribution in [0.4, 0.5) is 35.1 Å². The third-order valence-electron chi connectivity index (χ3n) is 5.04. The van der Waals surface area contributed by atoms with E-state index in [0.29, 0.717) is 17.9 Å². The van der Waals surface area contributed by atoms with Crippen LogP contribution in [0.5, 0.6) is 11.5 Å². The zero-order chi connectivity index (χ0) is 25.9. The Hall–Kier alpha value is -3.18. The zero-order valence-electron chi connectivity index (χ0n) is 17.8. The highest BCUT2D eigenvalue weighted by atomic mass is 19.4. The number of aliphatic hydroxyl groups is 1. The SMILES string of the molecule is OC(Cc1cccc(Oc2ccccc2)c1)(NCc1cccc(C(F)(F)C(F)(F)F)c1)C(F)(F)F. The van der Waals surface area contributed by atoms with Crippen LogP contribution in [0, 0.1) is 0 Å². The van der Waals surface area contributed by atoms with Gasteiger partial charge in [0.2, 0.25) is 5.72 Å². The molecule has 0 aromatic heterocycles. The number of halogens is 8. The number of para-hydroxylation sites is 1. The van der Waals surface area contributed by atoms with Crippen molar-refractivity contribution in [2.75, 3.05) is 0 Å². The molecular weight excluding hydrogens is 486 g/mol. The van der Waals surface area contributed by atoms with E-state index in [9.17, 15) is 40.2 Å². The van der Waals surface area contributed by atoms with E-state index in [4.69, 9.17) is 4.74 Å². The molecule has 0 saturated carbocycles. The standard InChI is InChI=1S/C24H19F8NO2/c25-22(26,24(30,31)32)18-8-4-7-17(12-18)15-33-21(34,23(27,28)29)14-16-6-5-11-20(13-16)35-19-9-2-1-3-10-19/h1-13,33-34H,14-15H2. The monoisotopic (exact) mass is 505 g/mol. The van der Waals surface area contributed by atoms with Gasteiger partial charge >= 0.3 is 18.3 Å². The molecule has 188 valence electrons. The summed E-state index contributed by atoms with van der Waals surface area (Å²) in [7, 11) is 0. The van der Waals surface area contributed by atoms with Crippen LogP contribution in [0.15, 0.2) is 78.9 Å². The predicted octanol–water partition coefficient (Wildman–Crippen LogP) is 6.72. The number of hydrogen-bond donors (Lipinski definition) is 2. The molecular formula is C24H19F8NO2. The molecule has 2 N–H and O–H groups in total. The van der Waals surface area contributed by atoms with Crippen molar-refractivity contribution in [2.45, 2.75) is 37.0 Å². The highest BCUT2D eigenvalue weighted by molar-refractivity contribution is 5.34. The molecule has 0 aliphatic carbocycles. The topological polar surface area (TPSA) is 41.5 Å². The molecule has 3 aromatic carbocycles. The first-order valence-corrected chi connectivity index (χ1v) is 10.1. The molecule has 0 amide bonds. The summed E-state index contributed by atoms with van der Waals surface area (Å²) in [6.07, 6.45) is -12.1. The fourth-order valence-corrected chi connectivity index (χ4v) is 3.19. The number of benzene rings is 3. The van der Waals surface area contributed by atoms with Crippen LogP contribution in [0.25, 0.3) is 0 Å². The number of ether oxygens (including phenoxy) is 1. The maximum atomic E-state index is 13.8. The molecule has 0 aliphatic heterocycles. The van der Waals surface area contributed by atoms with Crippen LogP contribution in [0.1, 0.15) is 16.7 Å². The lowest BCUT2D eigenvalue weighted by Crippen LogP contribution is -2.58. The Labute approximate surface area is 195 Å². The minimum atomic E-state index is -5.88. The Kier molecular flexibility index (Phi) is 7.42. The van der Waals surface area contributed by atoms with Crippen molar-refractivity contribution in [3.8, 4) is 11.5 Å². The Morgan fingerprint density at radius 3 is 1.89 bits per heavy atom. The van der Waals surface area contributed by atoms with Gasteiger partial charge in [0.1, 0.15) is 11.5 Å². The van der Waals surface area contributed by atoms with Crippen molar-refractivity contribution in [2.24, 2.45) is 0 Å². The van der Waals surface area contributed by atoms with Crippen molar-refractivity contribution in [1.82, 2.24) is 5.32 Å². The quantitative estimate of drug-likeness (QED) is 0.264. The molecule has 0 heterocycles. The van der Waals surface area contributed by atoms with Gasteiger partial charge in [0.25, 0.3) is 0 Å². The van der Waals surface area contributed by atoms with Gasteiger partial charge in [0, 0.05) is 18.5 Å². The van der Waals surface area contributed by atoms with Gasteiger partial charge in [-0.3, -0.25) is 5.32 Å². The van der Waals surface area contributed by atoms with Gasteiger partial charge in [-0.2, -0.15) is 35.1 Å². The summed E-state index contributed by atoms with van der Waals surface area (Å²) in [5.74, 6) is -4.55. The van der Waals surface area contributed by atoms with Crippen molar-refractivity contribution >= 4 is 0 Å². The van der Waals surface area contributed by atoms with Crippen LogP contribution in [-0.4, -0.2) is 23.2 Å². The van der Waals surface area contributed by atoms with E-state index in [0.717, 1.165) is 12.1 Å². The molecule has 3 aromatic rings. The summed E-state index contributed by atoms with van der Waals surface area (Å²) in [6.45, 7) is -0.835. The third-order valence-corrected chi connectivity index (χ3v) is 5.04. The lowest BCUT2D eigenvalue weighted by Gasteiger charge is -2.32. The van der Waals surface area contributed by atoms with E-state index >= 15 is 0 Å². The first kappa shape index (κ1) is 26.4. The lowest BCUT2D eigenvalue weighted by molar-refractivity contribution is -0.289. The van der Waals surface area contributed by atoms with Gasteiger partial charge in [-0.1, -0.05) is 48.5 Å². The van der Waals surface area contributed by atoms with Crippen LogP contribution < -0.4 is 10.1 Å². The molecule has 3 nitrogen and oxygen atoms in total. The van der Waals surface area contributed by atoms with Gasteiger partial charge in [-0.15, -0.1) is 0 Å². The summed E-state index contributed by atoms with van der Waals surface area (Å²) in [6, 6.07) is 16.8. The first-order valence-electron chi connectivity index (χ1n) is 10.1. The van der Waals surface area contributed by atoms with E-state index in [2.05, 4.69) is 0 Å². The molecule has 0 bridgehead atoms. The average molecular weight is 505 g/mol. The molecule has 0 radical (unpaired) electrons. The fraction of sp³-hybridized carbons (Fsp3) is 0.250. The highest BCUT2D eigenvalue weighted by Crippen LogP contribution is 2.44. The summed E-state index contributed by atoms with van der Waals surface area (Å²) >= 11 is 0. The van der Waals surface area contributed by atoms with Crippen LogP contribution >= 0.6 is 0 Å². The average Bonchev–Trinajstić information content (AvgIpc) is 2.77. The summed E-state index contributed by atoms with van der Waals surface area (Å²) in [4.78, 5) is 0. The van der Waals surface area contributed by atoms with Gasteiger partial charge < -0.3 is 9.84 Å². The normalized spacial score (nSPS) is 14.4. The van der Waals surface area contributed by atoms with E-state index < -0.39 is 42.5 Å². The summed E-state index contributed by atoms with van der Waals surface area (Å²) in [5.41, 5.74) is -5.22. The van der Waals surface area contributed by atoms with Crippen molar-refractivity contribution in [3.05, 3.63) is 95.6 Å². The third kappa shape index (κ3) is 6.29. The second-order valence-corrected chi connectivity index (χ2v) is 7.72. The summed E-state index contributed by atoms with van der Waals surface area (Å²) in [5, 5.41) is 12.2. The molecule has 3 rings (SSSR count). The van der Waals surface area contributed by atoms with Crippen LogP contribution in [-0.2, 0) is 18.9 Å². The van der Waals surface area contributed by atoms with Gasteiger partial charge in [-0.05, 0) is 41.5 Å². The predicted molar refractivity (Wildman–Crippen MR) is 111 cm³/mol. The number of alkyl halides is 8. The molecule has 1 unspecified atom stereocenters. The Bertz CT molecular complexity index is 1130. The minimum absolute atomic E-state index is 0.0307. The van der Waals surface area contributed by atoms with Gasteiger partial charge in [-0.25, -0.2) is 0 Å². The fourth-order valence-electron chi connectivity index (χ4n) is 3.19. The number of hydrogen-bond acceptors (Lipinski definition) is 3. The summed E-state index contributed by atoms with van der Waals surface area (Å²) < 4.78 is 112. The lowest BCUT2D eigenvalue weighted by atomic mass is 10.00. The Balaban J connectivity index is 1.79. The minimum Gasteiger partial charge on any atom is -0.457 e. The van der Waals surface area contributed by atoms with E-state index in [1.54, 1.807) is 30.3 Å². The molecule has 35 heavy (non-hydrogen) atoms. The maximum Gasteiger partial charge on any atom is 0.458 e. The molecule has 11 heteroatoms. The molecule has 0 saturated heterocycles. The van der Waals surface area contributed by atoms with Gasteiger partial charge in [0.05, 0.1) is 0 Å². The van der Waals surface area contributed by atoms with Gasteiger partial charge in [0.15, 0.2) is 0 Å². The smallest absolute Gasteiger partial charge is 0.457 e. The van der Waals surface area contributed by atoms with E-state index in [1.807, 2.05) is 5.32 Å². The van der Waals surface area contributed by atoms with Crippen LogP contribution in [0.3, 0.4) is 0 Å². The number of nitrogens with one attached hydrogen (secondary N) is 1. The Morgan fingerprint density at radius 2 is 1.26 bits per heavy atom. The van der Waals surface area contributed by atoms with Crippen molar-refractivity contribution in [1.29, 1.82) is 0 Å². The largest absolute Gasteiger partial charge is 0.458 e. The van der Waals surface area contributed by atoms with E-state index in [-0.39, 0.29) is 16.9 Å². The van der Waals surface area contributed by atoms with E-state index in [1.165, 1.54) is 24.3 Å². The van der Waals surface area contributed by atoms with Crippen molar-refractivity contribution < 1.29 is 45.0 Å². The zero-order valence-corrected chi connectivity index (χ0v) is 17.8. The first-order chi connectivity index (χ1) is 16.2. The van der Waals surface area contributed by atoms with Crippen molar-refractivity contribution in [3.63, 3.8) is 0 Å². The maximum absolute atomic E-state index is 13.8.